The molecule has 0 atom stereocenters. The summed E-state index contributed by atoms with van der Waals surface area (Å²) >= 11 is 5.77. The number of benzene rings is 1. The zero-order valence-corrected chi connectivity index (χ0v) is 11.1. The summed E-state index contributed by atoms with van der Waals surface area (Å²) < 4.78 is 0. The highest BCUT2D eigenvalue weighted by Gasteiger charge is 2.19. The van der Waals surface area contributed by atoms with Crippen molar-refractivity contribution in [3.05, 3.63) is 29.3 Å². The van der Waals surface area contributed by atoms with Crippen molar-refractivity contribution in [3.63, 3.8) is 0 Å². The van der Waals surface area contributed by atoms with Crippen LogP contribution in [0, 0.1) is 12.3 Å². The van der Waals surface area contributed by atoms with Crippen molar-refractivity contribution >= 4 is 17.5 Å². The largest absolute Gasteiger partial charge is 0.507 e. The van der Waals surface area contributed by atoms with E-state index in [1.807, 2.05) is 20.8 Å². The molecule has 0 fully saturated rings. The Morgan fingerprint density at radius 1 is 1.47 bits per heavy atom. The quantitative estimate of drug-likeness (QED) is 0.813. The minimum absolute atomic E-state index is 0.00572. The number of rotatable bonds is 4. The van der Waals surface area contributed by atoms with Gasteiger partial charge in [0, 0.05) is 12.4 Å². The fourth-order valence-electron chi connectivity index (χ4n) is 1.30. The molecule has 1 aromatic rings. The van der Waals surface area contributed by atoms with Gasteiger partial charge in [-0.2, -0.15) is 0 Å². The summed E-state index contributed by atoms with van der Waals surface area (Å²) in [5.41, 5.74) is 1.05. The van der Waals surface area contributed by atoms with Gasteiger partial charge in [-0.15, -0.1) is 11.6 Å². The summed E-state index contributed by atoms with van der Waals surface area (Å²) in [6, 6.07) is 4.98. The van der Waals surface area contributed by atoms with Crippen LogP contribution in [0.3, 0.4) is 0 Å². The molecule has 0 unspecified atom stereocenters. The van der Waals surface area contributed by atoms with E-state index in [0.29, 0.717) is 18.0 Å². The average Bonchev–Trinajstić information content (AvgIpc) is 2.26. The Morgan fingerprint density at radius 2 is 2.12 bits per heavy atom. The van der Waals surface area contributed by atoms with Gasteiger partial charge < -0.3 is 10.4 Å². The lowest BCUT2D eigenvalue weighted by Gasteiger charge is -2.21. The Labute approximate surface area is 107 Å². The normalized spacial score (nSPS) is 11.3. The minimum Gasteiger partial charge on any atom is -0.507 e. The molecule has 4 heteroatoms. The van der Waals surface area contributed by atoms with Gasteiger partial charge in [-0.25, -0.2) is 0 Å². The predicted molar refractivity (Wildman–Crippen MR) is 69.7 cm³/mol. The Kier molecular flexibility index (Phi) is 4.40. The van der Waals surface area contributed by atoms with Crippen LogP contribution in [0.4, 0.5) is 0 Å². The van der Waals surface area contributed by atoms with Crippen molar-refractivity contribution in [2.45, 2.75) is 20.8 Å². The van der Waals surface area contributed by atoms with Crippen molar-refractivity contribution < 1.29 is 9.90 Å². The van der Waals surface area contributed by atoms with Crippen LogP contribution in [0.25, 0.3) is 0 Å². The van der Waals surface area contributed by atoms with E-state index < -0.39 is 0 Å². The molecule has 1 aromatic carbocycles. The van der Waals surface area contributed by atoms with E-state index in [1.165, 1.54) is 0 Å². The van der Waals surface area contributed by atoms with E-state index in [2.05, 4.69) is 5.32 Å². The molecule has 3 nitrogen and oxygen atoms in total. The highest BCUT2D eigenvalue weighted by atomic mass is 35.5. The van der Waals surface area contributed by atoms with Crippen LogP contribution >= 0.6 is 11.6 Å². The van der Waals surface area contributed by atoms with E-state index in [9.17, 15) is 9.90 Å². The molecule has 1 rings (SSSR count). The Balaban J connectivity index is 2.71. The molecule has 0 aliphatic carbocycles. The molecule has 0 aromatic heterocycles. The standard InChI is InChI=1S/C13H18ClNO2/c1-9-4-5-10(11(16)6-9)12(17)15-8-13(2,3)7-14/h4-6,16H,7-8H2,1-3H3,(H,15,17). The topological polar surface area (TPSA) is 49.3 Å². The van der Waals surface area contributed by atoms with Crippen LogP contribution in [0.15, 0.2) is 18.2 Å². The van der Waals surface area contributed by atoms with Crippen molar-refractivity contribution in [3.8, 4) is 5.75 Å². The lowest BCUT2D eigenvalue weighted by atomic mass is 9.96. The number of aromatic hydroxyl groups is 1. The molecule has 0 bridgehead atoms. The smallest absolute Gasteiger partial charge is 0.255 e. The van der Waals surface area contributed by atoms with Crippen molar-refractivity contribution in [1.29, 1.82) is 0 Å². The molecule has 0 heterocycles. The number of phenolic OH excluding ortho intramolecular Hbond substituents is 1. The van der Waals surface area contributed by atoms with E-state index in [1.54, 1.807) is 18.2 Å². The molecule has 0 aliphatic heterocycles. The number of halogens is 1. The SMILES string of the molecule is Cc1ccc(C(=O)NCC(C)(C)CCl)c(O)c1. The van der Waals surface area contributed by atoms with Gasteiger partial charge in [-0.05, 0) is 30.0 Å². The second-order valence-electron chi connectivity index (χ2n) is 5.00. The second-order valence-corrected chi connectivity index (χ2v) is 5.27. The van der Waals surface area contributed by atoms with Gasteiger partial charge in [-0.1, -0.05) is 19.9 Å². The number of amides is 1. The number of carbonyl (C=O) groups is 1. The van der Waals surface area contributed by atoms with Crippen LogP contribution in [0.2, 0.25) is 0 Å². The molecule has 2 N–H and O–H groups in total. The van der Waals surface area contributed by atoms with Gasteiger partial charge in [0.15, 0.2) is 0 Å². The summed E-state index contributed by atoms with van der Waals surface area (Å²) in [5.74, 6) is 0.194. The summed E-state index contributed by atoms with van der Waals surface area (Å²) in [5, 5.41) is 12.4. The van der Waals surface area contributed by atoms with Gasteiger partial charge in [0.05, 0.1) is 5.56 Å². The third kappa shape index (κ3) is 3.93. The molecule has 94 valence electrons. The number of phenols is 1. The number of nitrogens with one attached hydrogen (secondary N) is 1. The number of aryl methyl sites for hydroxylation is 1. The minimum atomic E-state index is -0.277. The summed E-state index contributed by atoms with van der Waals surface area (Å²) in [6.07, 6.45) is 0. The summed E-state index contributed by atoms with van der Waals surface area (Å²) in [4.78, 5) is 11.8. The van der Waals surface area contributed by atoms with Crippen molar-refractivity contribution in [2.24, 2.45) is 5.41 Å². The Hall–Kier alpha value is -1.22. The number of hydrogen-bond acceptors (Lipinski definition) is 2. The highest BCUT2D eigenvalue weighted by molar-refractivity contribution is 6.18. The molecular weight excluding hydrogens is 238 g/mol. The van der Waals surface area contributed by atoms with Gasteiger partial charge in [0.2, 0.25) is 0 Å². The molecule has 0 spiro atoms. The number of alkyl halides is 1. The molecule has 0 aliphatic rings. The summed E-state index contributed by atoms with van der Waals surface area (Å²) in [6.45, 7) is 6.27. The Bertz CT molecular complexity index is 416. The lowest BCUT2D eigenvalue weighted by molar-refractivity contribution is 0.0937. The lowest BCUT2D eigenvalue weighted by Crippen LogP contribution is -2.35. The first-order valence-electron chi connectivity index (χ1n) is 5.49. The molecule has 0 saturated carbocycles. The average molecular weight is 256 g/mol. The number of hydrogen-bond donors (Lipinski definition) is 2. The maximum absolute atomic E-state index is 11.8. The van der Waals surface area contributed by atoms with Gasteiger partial charge in [0.25, 0.3) is 5.91 Å². The van der Waals surface area contributed by atoms with Gasteiger partial charge >= 0.3 is 0 Å². The molecule has 0 saturated heterocycles. The molecule has 17 heavy (non-hydrogen) atoms. The monoisotopic (exact) mass is 255 g/mol. The first-order chi connectivity index (χ1) is 7.85. The van der Waals surface area contributed by atoms with Gasteiger partial charge in [-0.3, -0.25) is 4.79 Å². The van der Waals surface area contributed by atoms with E-state index in [0.717, 1.165) is 5.56 Å². The fourth-order valence-corrected chi connectivity index (χ4v) is 1.39. The highest BCUT2D eigenvalue weighted by Crippen LogP contribution is 2.19. The van der Waals surface area contributed by atoms with E-state index >= 15 is 0 Å². The molecule has 1 amide bonds. The van der Waals surface area contributed by atoms with Crippen LogP contribution in [0.1, 0.15) is 29.8 Å². The first kappa shape index (κ1) is 13.8. The zero-order chi connectivity index (χ0) is 13.1. The third-order valence-electron chi connectivity index (χ3n) is 2.49. The molecular formula is C13H18ClNO2. The van der Waals surface area contributed by atoms with Crippen LogP contribution < -0.4 is 5.32 Å². The Morgan fingerprint density at radius 3 is 2.65 bits per heavy atom. The maximum Gasteiger partial charge on any atom is 0.255 e. The van der Waals surface area contributed by atoms with Crippen LogP contribution in [-0.4, -0.2) is 23.4 Å². The first-order valence-corrected chi connectivity index (χ1v) is 6.03. The predicted octanol–water partition coefficient (Wildman–Crippen LogP) is 2.70. The van der Waals surface area contributed by atoms with E-state index in [-0.39, 0.29) is 17.1 Å². The van der Waals surface area contributed by atoms with Crippen LogP contribution in [-0.2, 0) is 0 Å². The summed E-state index contributed by atoms with van der Waals surface area (Å²) in [7, 11) is 0. The van der Waals surface area contributed by atoms with Crippen molar-refractivity contribution in [1.82, 2.24) is 5.32 Å². The van der Waals surface area contributed by atoms with Gasteiger partial charge in [0.1, 0.15) is 5.75 Å². The molecule has 0 radical (unpaired) electrons. The maximum atomic E-state index is 11.8. The van der Waals surface area contributed by atoms with E-state index in [4.69, 9.17) is 11.6 Å². The third-order valence-corrected chi connectivity index (χ3v) is 3.21. The van der Waals surface area contributed by atoms with Crippen molar-refractivity contribution in [2.75, 3.05) is 12.4 Å². The zero-order valence-electron chi connectivity index (χ0n) is 10.4. The second kappa shape index (κ2) is 5.41. The fraction of sp³-hybridized carbons (Fsp3) is 0.462. The van der Waals surface area contributed by atoms with Crippen LogP contribution in [0.5, 0.6) is 5.75 Å². The number of carbonyl (C=O) groups excluding carboxylic acids is 1.